The molecule has 0 aliphatic rings. The molecule has 3 aromatic rings. The summed E-state index contributed by atoms with van der Waals surface area (Å²) in [5, 5.41) is 2.99. The van der Waals surface area contributed by atoms with Crippen molar-refractivity contribution in [1.29, 1.82) is 0 Å². The summed E-state index contributed by atoms with van der Waals surface area (Å²) in [4.78, 5) is 28.4. The van der Waals surface area contributed by atoms with Crippen LogP contribution < -0.4 is 10.1 Å². The number of halogens is 2. The molecule has 0 heterocycles. The minimum atomic E-state index is -0.684. The summed E-state index contributed by atoms with van der Waals surface area (Å²) < 4.78 is 7.79. The van der Waals surface area contributed by atoms with Crippen molar-refractivity contribution in [2.75, 3.05) is 6.61 Å². The van der Waals surface area contributed by atoms with Crippen LogP contribution in [-0.2, 0) is 22.6 Å². The van der Waals surface area contributed by atoms with Crippen LogP contribution in [-0.4, -0.2) is 35.4 Å². The Morgan fingerprint density at radius 1 is 0.971 bits per heavy atom. The van der Waals surface area contributed by atoms with Gasteiger partial charge in [-0.2, -0.15) is 0 Å². The number of carbonyl (C=O) groups excluding carboxylic acids is 2. The quantitative estimate of drug-likeness (QED) is 0.296. The van der Waals surface area contributed by atoms with Crippen LogP contribution in [0.1, 0.15) is 25.0 Å². The molecule has 0 spiro atoms. The zero-order valence-electron chi connectivity index (χ0n) is 19.2. The number of hydrogen-bond donors (Lipinski definition) is 1. The Morgan fingerprint density at radius 2 is 1.65 bits per heavy atom. The Kier molecular flexibility index (Phi) is 9.95. The number of benzene rings is 3. The van der Waals surface area contributed by atoms with Crippen LogP contribution in [0.4, 0.5) is 0 Å². The molecule has 0 radical (unpaired) electrons. The number of rotatable bonds is 10. The van der Waals surface area contributed by atoms with Gasteiger partial charge < -0.3 is 15.0 Å². The lowest BCUT2D eigenvalue weighted by Crippen LogP contribution is -2.52. The average molecular weight is 635 g/mol. The Balaban J connectivity index is 1.90. The largest absolute Gasteiger partial charge is 0.484 e. The topological polar surface area (TPSA) is 58.6 Å². The third-order valence-corrected chi connectivity index (χ3v) is 6.33. The average Bonchev–Trinajstić information content (AvgIpc) is 2.81. The fourth-order valence-electron chi connectivity index (χ4n) is 3.53. The highest BCUT2D eigenvalue weighted by Crippen LogP contribution is 2.19. The summed E-state index contributed by atoms with van der Waals surface area (Å²) in [6.07, 6.45) is 0.405. The minimum absolute atomic E-state index is 0.0448. The SMILES string of the molecule is CC(C)NC(=O)C(Cc1ccccc1)N(Cc1cccc(Br)c1)C(=O)COc1ccc(I)cc1. The molecule has 0 aliphatic carbocycles. The van der Waals surface area contributed by atoms with E-state index in [1.165, 1.54) is 0 Å². The Bertz CT molecular complexity index is 1090. The maximum Gasteiger partial charge on any atom is 0.261 e. The Morgan fingerprint density at radius 3 is 2.29 bits per heavy atom. The highest BCUT2D eigenvalue weighted by Gasteiger charge is 2.31. The molecule has 1 N–H and O–H groups in total. The molecule has 1 unspecified atom stereocenters. The number of hydrogen-bond acceptors (Lipinski definition) is 3. The maximum atomic E-state index is 13.5. The number of nitrogens with zero attached hydrogens (tertiary/aromatic N) is 1. The fraction of sp³-hybridized carbons (Fsp3) is 0.259. The van der Waals surface area contributed by atoms with E-state index >= 15 is 0 Å². The van der Waals surface area contributed by atoms with Crippen LogP contribution in [0.2, 0.25) is 0 Å². The van der Waals surface area contributed by atoms with Crippen LogP contribution in [0.3, 0.4) is 0 Å². The first-order chi connectivity index (χ1) is 16.3. The smallest absolute Gasteiger partial charge is 0.261 e. The molecule has 0 saturated carbocycles. The van der Waals surface area contributed by atoms with Gasteiger partial charge in [-0.3, -0.25) is 9.59 Å². The molecular weight excluding hydrogens is 607 g/mol. The van der Waals surface area contributed by atoms with Gasteiger partial charge in [0.1, 0.15) is 11.8 Å². The first kappa shape index (κ1) is 26.2. The van der Waals surface area contributed by atoms with Crippen molar-refractivity contribution >= 4 is 50.3 Å². The molecule has 3 rings (SSSR count). The van der Waals surface area contributed by atoms with Gasteiger partial charge in [0.2, 0.25) is 5.91 Å². The van der Waals surface area contributed by atoms with E-state index in [2.05, 4.69) is 43.8 Å². The highest BCUT2D eigenvalue weighted by atomic mass is 127. The van der Waals surface area contributed by atoms with Crippen molar-refractivity contribution < 1.29 is 14.3 Å². The second kappa shape index (κ2) is 12.9. The first-order valence-electron chi connectivity index (χ1n) is 11.1. The molecule has 0 aromatic heterocycles. The van der Waals surface area contributed by atoms with E-state index in [4.69, 9.17) is 4.74 Å². The van der Waals surface area contributed by atoms with E-state index in [0.717, 1.165) is 19.2 Å². The van der Waals surface area contributed by atoms with Crippen molar-refractivity contribution in [2.24, 2.45) is 0 Å². The lowest BCUT2D eigenvalue weighted by Gasteiger charge is -2.32. The lowest BCUT2D eigenvalue weighted by molar-refractivity contribution is -0.143. The van der Waals surface area contributed by atoms with Crippen molar-refractivity contribution in [3.05, 3.63) is 98.0 Å². The van der Waals surface area contributed by atoms with Crippen molar-refractivity contribution in [3.63, 3.8) is 0 Å². The summed E-state index contributed by atoms with van der Waals surface area (Å²) in [5.74, 6) is 0.178. The number of carbonyl (C=O) groups is 2. The van der Waals surface area contributed by atoms with Crippen LogP contribution in [0.25, 0.3) is 0 Å². The van der Waals surface area contributed by atoms with Gasteiger partial charge in [0.05, 0.1) is 0 Å². The molecule has 0 saturated heterocycles. The second-order valence-electron chi connectivity index (χ2n) is 8.26. The Labute approximate surface area is 223 Å². The predicted molar refractivity (Wildman–Crippen MR) is 147 cm³/mol. The van der Waals surface area contributed by atoms with Crippen LogP contribution in [0.15, 0.2) is 83.3 Å². The van der Waals surface area contributed by atoms with E-state index < -0.39 is 6.04 Å². The van der Waals surface area contributed by atoms with Gasteiger partial charge >= 0.3 is 0 Å². The highest BCUT2D eigenvalue weighted by molar-refractivity contribution is 14.1. The zero-order chi connectivity index (χ0) is 24.5. The summed E-state index contributed by atoms with van der Waals surface area (Å²) in [6, 6.07) is 24.3. The zero-order valence-corrected chi connectivity index (χ0v) is 23.0. The molecule has 0 fully saturated rings. The molecule has 5 nitrogen and oxygen atoms in total. The molecule has 3 aromatic carbocycles. The molecule has 178 valence electrons. The minimum Gasteiger partial charge on any atom is -0.484 e. The molecule has 1 atom stereocenters. The van der Waals surface area contributed by atoms with E-state index in [0.29, 0.717) is 12.2 Å². The van der Waals surface area contributed by atoms with Gasteiger partial charge in [-0.05, 0) is 84.0 Å². The summed E-state index contributed by atoms with van der Waals surface area (Å²) in [5.41, 5.74) is 1.91. The van der Waals surface area contributed by atoms with Crippen LogP contribution in [0, 0.1) is 3.57 Å². The van der Waals surface area contributed by atoms with E-state index in [1.807, 2.05) is 92.7 Å². The number of nitrogens with one attached hydrogen (secondary N) is 1. The normalized spacial score (nSPS) is 11.7. The molecule has 0 bridgehead atoms. The monoisotopic (exact) mass is 634 g/mol. The molecule has 34 heavy (non-hydrogen) atoms. The fourth-order valence-corrected chi connectivity index (χ4v) is 4.33. The van der Waals surface area contributed by atoms with Crippen molar-refractivity contribution in [2.45, 2.75) is 38.9 Å². The van der Waals surface area contributed by atoms with Crippen LogP contribution >= 0.6 is 38.5 Å². The summed E-state index contributed by atoms with van der Waals surface area (Å²) in [6.45, 7) is 3.96. The van der Waals surface area contributed by atoms with Gasteiger partial charge in [0.15, 0.2) is 6.61 Å². The van der Waals surface area contributed by atoms with Gasteiger partial charge in [0.25, 0.3) is 5.91 Å². The maximum absolute atomic E-state index is 13.5. The van der Waals surface area contributed by atoms with Gasteiger partial charge in [-0.15, -0.1) is 0 Å². The van der Waals surface area contributed by atoms with Gasteiger partial charge in [-0.25, -0.2) is 0 Å². The standard InChI is InChI=1S/C27H28BrIN2O3/c1-19(2)30-27(33)25(16-20-7-4-3-5-8-20)31(17-21-9-6-10-22(28)15-21)26(32)18-34-24-13-11-23(29)12-14-24/h3-15,19,25H,16-18H2,1-2H3,(H,30,33). The summed E-state index contributed by atoms with van der Waals surface area (Å²) >= 11 is 5.72. The van der Waals surface area contributed by atoms with Crippen LogP contribution in [0.5, 0.6) is 5.75 Å². The molecular formula is C27H28BrIN2O3. The van der Waals surface area contributed by atoms with E-state index in [-0.39, 0.29) is 31.0 Å². The van der Waals surface area contributed by atoms with Gasteiger partial charge in [-0.1, -0.05) is 58.4 Å². The van der Waals surface area contributed by atoms with E-state index in [1.54, 1.807) is 4.90 Å². The van der Waals surface area contributed by atoms with Crippen molar-refractivity contribution in [3.8, 4) is 5.75 Å². The predicted octanol–water partition coefficient (Wildman–Crippen LogP) is 5.60. The second-order valence-corrected chi connectivity index (χ2v) is 10.4. The van der Waals surface area contributed by atoms with Gasteiger partial charge in [0, 0.05) is 27.1 Å². The van der Waals surface area contributed by atoms with E-state index in [9.17, 15) is 9.59 Å². The molecule has 7 heteroatoms. The first-order valence-corrected chi connectivity index (χ1v) is 13.0. The lowest BCUT2D eigenvalue weighted by atomic mass is 10.0. The van der Waals surface area contributed by atoms with Crippen molar-refractivity contribution in [1.82, 2.24) is 10.2 Å². The number of amides is 2. The summed E-state index contributed by atoms with van der Waals surface area (Å²) in [7, 11) is 0. The number of ether oxygens (including phenoxy) is 1. The molecule has 0 aliphatic heterocycles. The Hall–Kier alpha value is -2.39. The third-order valence-electron chi connectivity index (χ3n) is 5.12. The molecule has 2 amide bonds. The third kappa shape index (κ3) is 8.13.